The molecule has 0 aliphatic heterocycles. The smallest absolute Gasteiger partial charge is 0.101 e. The fourth-order valence-electron chi connectivity index (χ4n) is 1.63. The summed E-state index contributed by atoms with van der Waals surface area (Å²) in [6, 6.07) is 10.3. The molecule has 0 saturated heterocycles. The standard InChI is InChI=1S/C14H16N2S/c1-9-4-6-13(10(2)8-9)17-14-7-5-12(15)11(3)16-14/h4-8H,15H2,1-3H3. The van der Waals surface area contributed by atoms with Crippen LogP contribution in [0.25, 0.3) is 0 Å². The first-order valence-corrected chi connectivity index (χ1v) is 6.36. The minimum Gasteiger partial charge on any atom is -0.397 e. The molecule has 1 aromatic carbocycles. The second kappa shape index (κ2) is 4.80. The van der Waals surface area contributed by atoms with E-state index in [9.17, 15) is 0 Å². The highest BCUT2D eigenvalue weighted by molar-refractivity contribution is 7.99. The summed E-state index contributed by atoms with van der Waals surface area (Å²) >= 11 is 1.68. The van der Waals surface area contributed by atoms with E-state index in [2.05, 4.69) is 37.0 Å². The zero-order valence-electron chi connectivity index (χ0n) is 10.3. The topological polar surface area (TPSA) is 38.9 Å². The zero-order valence-corrected chi connectivity index (χ0v) is 11.1. The van der Waals surface area contributed by atoms with E-state index in [-0.39, 0.29) is 0 Å². The lowest BCUT2D eigenvalue weighted by atomic mass is 10.2. The van der Waals surface area contributed by atoms with Crippen molar-refractivity contribution in [3.05, 3.63) is 47.2 Å². The average molecular weight is 244 g/mol. The Bertz CT molecular complexity index is 550. The number of anilines is 1. The van der Waals surface area contributed by atoms with E-state index in [0.29, 0.717) is 0 Å². The van der Waals surface area contributed by atoms with Crippen LogP contribution < -0.4 is 5.73 Å². The molecule has 2 aromatic rings. The summed E-state index contributed by atoms with van der Waals surface area (Å²) in [6.07, 6.45) is 0. The van der Waals surface area contributed by atoms with Crippen LogP contribution in [0.4, 0.5) is 5.69 Å². The van der Waals surface area contributed by atoms with Crippen LogP contribution in [0.5, 0.6) is 0 Å². The van der Waals surface area contributed by atoms with Gasteiger partial charge in [-0.3, -0.25) is 0 Å². The van der Waals surface area contributed by atoms with Gasteiger partial charge in [0.1, 0.15) is 5.03 Å². The van der Waals surface area contributed by atoms with Crippen LogP contribution in [-0.4, -0.2) is 4.98 Å². The highest BCUT2D eigenvalue weighted by Crippen LogP contribution is 2.30. The maximum atomic E-state index is 5.76. The number of aryl methyl sites for hydroxylation is 3. The molecule has 0 spiro atoms. The molecule has 0 fully saturated rings. The number of aromatic nitrogens is 1. The Hall–Kier alpha value is -1.48. The van der Waals surface area contributed by atoms with Gasteiger partial charge in [0.25, 0.3) is 0 Å². The average Bonchev–Trinajstić information content (AvgIpc) is 2.27. The minimum atomic E-state index is 0.745. The van der Waals surface area contributed by atoms with Gasteiger partial charge in [0.05, 0.1) is 11.4 Å². The summed E-state index contributed by atoms with van der Waals surface area (Å²) in [5.74, 6) is 0. The summed E-state index contributed by atoms with van der Waals surface area (Å²) in [6.45, 7) is 6.16. The van der Waals surface area contributed by atoms with E-state index < -0.39 is 0 Å². The van der Waals surface area contributed by atoms with Crippen molar-refractivity contribution in [2.75, 3.05) is 5.73 Å². The van der Waals surface area contributed by atoms with Crippen LogP contribution in [0.2, 0.25) is 0 Å². The Morgan fingerprint density at radius 1 is 1.06 bits per heavy atom. The van der Waals surface area contributed by atoms with Crippen molar-refractivity contribution in [2.24, 2.45) is 0 Å². The van der Waals surface area contributed by atoms with Crippen LogP contribution in [0.15, 0.2) is 40.3 Å². The molecular formula is C14H16N2S. The Balaban J connectivity index is 2.28. The van der Waals surface area contributed by atoms with Crippen LogP contribution in [0, 0.1) is 20.8 Å². The molecule has 0 radical (unpaired) electrons. The van der Waals surface area contributed by atoms with Gasteiger partial charge in [0.2, 0.25) is 0 Å². The molecule has 0 aliphatic carbocycles. The first kappa shape index (κ1) is 12.0. The van der Waals surface area contributed by atoms with Crippen molar-refractivity contribution in [2.45, 2.75) is 30.7 Å². The predicted octanol–water partition coefficient (Wildman–Crippen LogP) is 3.74. The summed E-state index contributed by atoms with van der Waals surface area (Å²) in [7, 11) is 0. The SMILES string of the molecule is Cc1ccc(Sc2ccc(N)c(C)n2)c(C)c1. The van der Waals surface area contributed by atoms with E-state index in [4.69, 9.17) is 5.73 Å². The van der Waals surface area contributed by atoms with Crippen LogP contribution in [0.1, 0.15) is 16.8 Å². The van der Waals surface area contributed by atoms with Gasteiger partial charge in [0.15, 0.2) is 0 Å². The number of pyridine rings is 1. The molecule has 0 aliphatic rings. The van der Waals surface area contributed by atoms with Crippen molar-refractivity contribution in [3.8, 4) is 0 Å². The number of hydrogen-bond acceptors (Lipinski definition) is 3. The molecule has 2 rings (SSSR count). The first-order chi connectivity index (χ1) is 8.06. The second-order valence-corrected chi connectivity index (χ2v) is 5.26. The lowest BCUT2D eigenvalue weighted by Gasteiger charge is -2.07. The molecule has 0 saturated carbocycles. The quantitative estimate of drug-likeness (QED) is 0.874. The molecule has 17 heavy (non-hydrogen) atoms. The Morgan fingerprint density at radius 3 is 2.47 bits per heavy atom. The van der Waals surface area contributed by atoms with Crippen molar-refractivity contribution < 1.29 is 0 Å². The van der Waals surface area contributed by atoms with Gasteiger partial charge < -0.3 is 5.73 Å². The van der Waals surface area contributed by atoms with Gasteiger partial charge in [-0.1, -0.05) is 29.5 Å². The molecule has 88 valence electrons. The van der Waals surface area contributed by atoms with Crippen molar-refractivity contribution in [1.82, 2.24) is 4.98 Å². The summed E-state index contributed by atoms with van der Waals surface area (Å²) in [5, 5.41) is 0.989. The molecule has 2 N–H and O–H groups in total. The Morgan fingerprint density at radius 2 is 1.82 bits per heavy atom. The first-order valence-electron chi connectivity index (χ1n) is 5.54. The molecule has 1 heterocycles. The number of benzene rings is 1. The number of nitrogens with zero attached hydrogens (tertiary/aromatic N) is 1. The van der Waals surface area contributed by atoms with Crippen molar-refractivity contribution in [1.29, 1.82) is 0 Å². The third kappa shape index (κ3) is 2.80. The monoisotopic (exact) mass is 244 g/mol. The molecule has 2 nitrogen and oxygen atoms in total. The molecule has 0 amide bonds. The van der Waals surface area contributed by atoms with Gasteiger partial charge in [-0.25, -0.2) is 4.98 Å². The molecular weight excluding hydrogens is 228 g/mol. The molecule has 1 aromatic heterocycles. The van der Waals surface area contributed by atoms with Crippen LogP contribution >= 0.6 is 11.8 Å². The Kier molecular flexibility index (Phi) is 3.38. The van der Waals surface area contributed by atoms with E-state index in [1.54, 1.807) is 11.8 Å². The summed E-state index contributed by atoms with van der Waals surface area (Å²) in [5.41, 5.74) is 9.96. The van der Waals surface area contributed by atoms with Gasteiger partial charge >= 0.3 is 0 Å². The van der Waals surface area contributed by atoms with E-state index in [1.807, 2.05) is 19.1 Å². The third-order valence-corrected chi connectivity index (χ3v) is 3.76. The van der Waals surface area contributed by atoms with Crippen LogP contribution in [-0.2, 0) is 0 Å². The van der Waals surface area contributed by atoms with Crippen molar-refractivity contribution >= 4 is 17.4 Å². The fraction of sp³-hybridized carbons (Fsp3) is 0.214. The minimum absolute atomic E-state index is 0.745. The van der Waals surface area contributed by atoms with E-state index in [1.165, 1.54) is 16.0 Å². The number of nitrogen functional groups attached to an aromatic ring is 1. The maximum absolute atomic E-state index is 5.76. The fourth-order valence-corrected chi connectivity index (χ4v) is 2.53. The molecule has 0 atom stereocenters. The van der Waals surface area contributed by atoms with Crippen LogP contribution in [0.3, 0.4) is 0 Å². The van der Waals surface area contributed by atoms with E-state index in [0.717, 1.165) is 16.4 Å². The van der Waals surface area contributed by atoms with Gasteiger partial charge in [-0.2, -0.15) is 0 Å². The number of hydrogen-bond donors (Lipinski definition) is 1. The molecule has 0 bridgehead atoms. The normalized spacial score (nSPS) is 10.5. The van der Waals surface area contributed by atoms with Gasteiger partial charge in [0, 0.05) is 4.90 Å². The summed E-state index contributed by atoms with van der Waals surface area (Å²) in [4.78, 5) is 5.71. The molecule has 3 heteroatoms. The molecule has 0 unspecified atom stereocenters. The van der Waals surface area contributed by atoms with Gasteiger partial charge in [-0.15, -0.1) is 0 Å². The highest BCUT2D eigenvalue weighted by Gasteiger charge is 2.04. The predicted molar refractivity (Wildman–Crippen MR) is 73.4 cm³/mol. The van der Waals surface area contributed by atoms with E-state index >= 15 is 0 Å². The Labute approximate surface area is 106 Å². The largest absolute Gasteiger partial charge is 0.397 e. The lowest BCUT2D eigenvalue weighted by Crippen LogP contribution is -1.93. The van der Waals surface area contributed by atoms with Gasteiger partial charge in [-0.05, 0) is 44.5 Å². The number of nitrogens with two attached hydrogens (primary N) is 1. The lowest BCUT2D eigenvalue weighted by molar-refractivity contribution is 1.07. The maximum Gasteiger partial charge on any atom is 0.101 e. The third-order valence-electron chi connectivity index (χ3n) is 2.65. The number of rotatable bonds is 2. The van der Waals surface area contributed by atoms with Crippen molar-refractivity contribution in [3.63, 3.8) is 0 Å². The second-order valence-electron chi connectivity index (χ2n) is 4.20. The summed E-state index contributed by atoms with van der Waals surface area (Å²) < 4.78 is 0. The zero-order chi connectivity index (χ0) is 12.4. The highest BCUT2D eigenvalue weighted by atomic mass is 32.2.